The van der Waals surface area contributed by atoms with E-state index in [4.69, 9.17) is 0 Å². The maximum absolute atomic E-state index is 11.9. The molecule has 1 amide bonds. The van der Waals surface area contributed by atoms with Gasteiger partial charge in [-0.25, -0.2) is 0 Å². The third-order valence-electron chi connectivity index (χ3n) is 3.51. The zero-order chi connectivity index (χ0) is 14.1. The Morgan fingerprint density at radius 3 is 2.50 bits per heavy atom. The van der Waals surface area contributed by atoms with Crippen molar-refractivity contribution in [2.75, 3.05) is 6.54 Å². The Labute approximate surface area is 134 Å². The molecule has 1 unspecified atom stereocenters. The van der Waals surface area contributed by atoms with Crippen molar-refractivity contribution in [2.45, 2.75) is 11.2 Å². The number of rotatable bonds is 2. The summed E-state index contributed by atoms with van der Waals surface area (Å²) in [6.45, 7) is 0.732. The fourth-order valence-corrected chi connectivity index (χ4v) is 3.27. The van der Waals surface area contributed by atoms with Crippen LogP contribution in [0.25, 0.3) is 0 Å². The van der Waals surface area contributed by atoms with Crippen LogP contribution in [0.2, 0.25) is 0 Å². The highest BCUT2D eigenvalue weighted by molar-refractivity contribution is 9.10. The number of hydrogen-bond acceptors (Lipinski definition) is 1. The quantitative estimate of drug-likeness (QED) is 0.759. The van der Waals surface area contributed by atoms with Crippen molar-refractivity contribution in [2.24, 2.45) is 0 Å². The normalized spacial score (nSPS) is 15.4. The van der Waals surface area contributed by atoms with Crippen molar-refractivity contribution in [3.05, 3.63) is 69.2 Å². The smallest absolute Gasteiger partial charge is 0.251 e. The summed E-state index contributed by atoms with van der Waals surface area (Å²) in [5, 5.41) is 2.89. The van der Waals surface area contributed by atoms with Crippen molar-refractivity contribution in [3.8, 4) is 0 Å². The average molecular weight is 395 g/mol. The first kappa shape index (κ1) is 13.8. The van der Waals surface area contributed by atoms with Gasteiger partial charge in [-0.2, -0.15) is 0 Å². The highest BCUT2D eigenvalue weighted by Gasteiger charge is 2.19. The molecule has 2 aromatic rings. The second kappa shape index (κ2) is 5.70. The molecule has 20 heavy (non-hydrogen) atoms. The molecule has 1 atom stereocenters. The van der Waals surface area contributed by atoms with Crippen LogP contribution in [0, 0.1) is 0 Å². The highest BCUT2D eigenvalue weighted by Crippen LogP contribution is 2.33. The van der Waals surface area contributed by atoms with Gasteiger partial charge in [0.05, 0.1) is 4.83 Å². The van der Waals surface area contributed by atoms with Gasteiger partial charge in [0.1, 0.15) is 0 Å². The number of nitrogens with one attached hydrogen (secondary N) is 1. The van der Waals surface area contributed by atoms with Crippen LogP contribution in [-0.4, -0.2) is 12.5 Å². The minimum atomic E-state index is 0.0311. The van der Waals surface area contributed by atoms with Crippen molar-refractivity contribution in [3.63, 3.8) is 0 Å². The maximum Gasteiger partial charge on any atom is 0.251 e. The Morgan fingerprint density at radius 1 is 1.05 bits per heavy atom. The molecule has 2 aromatic carbocycles. The topological polar surface area (TPSA) is 29.1 Å². The number of fused-ring (bicyclic) bond motifs is 1. The molecule has 1 N–H and O–H groups in total. The van der Waals surface area contributed by atoms with E-state index in [2.05, 4.69) is 61.4 Å². The van der Waals surface area contributed by atoms with Crippen LogP contribution < -0.4 is 5.32 Å². The number of carbonyl (C=O) groups excluding carboxylic acids is 1. The molecule has 3 rings (SSSR count). The molecule has 0 saturated heterocycles. The lowest BCUT2D eigenvalue weighted by molar-refractivity contribution is 0.0946. The monoisotopic (exact) mass is 393 g/mol. The van der Waals surface area contributed by atoms with Gasteiger partial charge in [-0.15, -0.1) is 0 Å². The SMILES string of the molecule is O=C1NCCc2ccc(C(Br)c3ccc(Br)cc3)cc21. The molecule has 0 bridgehead atoms. The summed E-state index contributed by atoms with van der Waals surface area (Å²) in [6, 6.07) is 14.3. The Kier molecular flexibility index (Phi) is 3.94. The molecule has 0 spiro atoms. The van der Waals surface area contributed by atoms with E-state index in [0.29, 0.717) is 0 Å². The lowest BCUT2D eigenvalue weighted by atomic mass is 9.95. The molecule has 1 aliphatic heterocycles. The molecule has 0 fully saturated rings. The second-order valence-corrected chi connectivity index (χ2v) is 6.67. The Bertz CT molecular complexity index is 652. The van der Waals surface area contributed by atoms with Crippen molar-refractivity contribution < 1.29 is 4.79 Å². The second-order valence-electron chi connectivity index (χ2n) is 4.84. The summed E-state index contributed by atoms with van der Waals surface area (Å²) in [4.78, 5) is 12.0. The third-order valence-corrected chi connectivity index (χ3v) is 5.10. The standard InChI is InChI=1S/C16H13Br2NO/c17-13-5-3-11(4-6-13)15(18)12-2-1-10-7-8-19-16(20)14(10)9-12/h1-6,9,15H,7-8H2,(H,19,20). The fraction of sp³-hybridized carbons (Fsp3) is 0.188. The summed E-state index contributed by atoms with van der Waals surface area (Å²) in [5.41, 5.74) is 4.20. The van der Waals surface area contributed by atoms with Crippen LogP contribution in [0.4, 0.5) is 0 Å². The van der Waals surface area contributed by atoms with Crippen LogP contribution in [0.15, 0.2) is 46.9 Å². The third kappa shape index (κ3) is 2.67. The van der Waals surface area contributed by atoms with Gasteiger partial charge in [-0.05, 0) is 41.3 Å². The molecule has 0 radical (unpaired) electrons. The zero-order valence-electron chi connectivity index (χ0n) is 10.7. The number of halogens is 2. The van der Waals surface area contributed by atoms with Crippen LogP contribution >= 0.6 is 31.9 Å². The molecule has 0 saturated carbocycles. The highest BCUT2D eigenvalue weighted by atomic mass is 79.9. The van der Waals surface area contributed by atoms with Gasteiger partial charge in [0, 0.05) is 16.6 Å². The Balaban J connectivity index is 1.96. The molecule has 0 aliphatic carbocycles. The number of carbonyl (C=O) groups is 1. The van der Waals surface area contributed by atoms with Gasteiger partial charge in [-0.3, -0.25) is 4.79 Å². The average Bonchev–Trinajstić information content (AvgIpc) is 2.47. The van der Waals surface area contributed by atoms with Crippen LogP contribution in [-0.2, 0) is 6.42 Å². The van der Waals surface area contributed by atoms with E-state index < -0.39 is 0 Å². The molecule has 0 aromatic heterocycles. The summed E-state index contributed by atoms with van der Waals surface area (Å²) in [6.07, 6.45) is 0.909. The van der Waals surface area contributed by atoms with E-state index in [0.717, 1.165) is 34.1 Å². The van der Waals surface area contributed by atoms with Gasteiger partial charge in [0.15, 0.2) is 0 Å². The van der Waals surface area contributed by atoms with Gasteiger partial charge < -0.3 is 5.32 Å². The van der Waals surface area contributed by atoms with Gasteiger partial charge in [0.2, 0.25) is 0 Å². The zero-order valence-corrected chi connectivity index (χ0v) is 13.9. The van der Waals surface area contributed by atoms with Crippen molar-refractivity contribution >= 4 is 37.8 Å². The predicted octanol–water partition coefficient (Wildman–Crippen LogP) is 4.22. The van der Waals surface area contributed by atoms with E-state index in [9.17, 15) is 4.79 Å². The molecule has 102 valence electrons. The number of amides is 1. The Hall–Kier alpha value is -1.13. The van der Waals surface area contributed by atoms with Crippen LogP contribution in [0.5, 0.6) is 0 Å². The van der Waals surface area contributed by atoms with E-state index in [-0.39, 0.29) is 10.7 Å². The summed E-state index contributed by atoms with van der Waals surface area (Å²) >= 11 is 7.16. The first-order valence-electron chi connectivity index (χ1n) is 6.46. The lowest BCUT2D eigenvalue weighted by Crippen LogP contribution is -2.31. The van der Waals surface area contributed by atoms with Crippen LogP contribution in [0.1, 0.15) is 31.9 Å². The summed E-state index contributed by atoms with van der Waals surface area (Å²) in [7, 11) is 0. The minimum Gasteiger partial charge on any atom is -0.352 e. The van der Waals surface area contributed by atoms with E-state index in [1.807, 2.05) is 18.2 Å². The van der Waals surface area contributed by atoms with Gasteiger partial charge in [0.25, 0.3) is 5.91 Å². The summed E-state index contributed by atoms with van der Waals surface area (Å²) in [5.74, 6) is 0.0311. The number of benzene rings is 2. The van der Waals surface area contributed by atoms with Crippen molar-refractivity contribution in [1.82, 2.24) is 5.32 Å². The first-order valence-corrected chi connectivity index (χ1v) is 8.16. The van der Waals surface area contributed by atoms with E-state index in [1.165, 1.54) is 5.56 Å². The van der Waals surface area contributed by atoms with Crippen LogP contribution in [0.3, 0.4) is 0 Å². The first-order chi connectivity index (χ1) is 9.65. The molecular formula is C16H13Br2NO. The fourth-order valence-electron chi connectivity index (χ4n) is 2.41. The largest absolute Gasteiger partial charge is 0.352 e. The number of alkyl halides is 1. The lowest BCUT2D eigenvalue weighted by Gasteiger charge is -2.19. The predicted molar refractivity (Wildman–Crippen MR) is 87.4 cm³/mol. The maximum atomic E-state index is 11.9. The number of hydrogen-bond donors (Lipinski definition) is 1. The molecule has 1 aliphatic rings. The summed E-state index contributed by atoms with van der Waals surface area (Å²) < 4.78 is 1.06. The Morgan fingerprint density at radius 2 is 1.75 bits per heavy atom. The molecule has 2 nitrogen and oxygen atoms in total. The van der Waals surface area contributed by atoms with Gasteiger partial charge >= 0.3 is 0 Å². The van der Waals surface area contributed by atoms with Crippen molar-refractivity contribution in [1.29, 1.82) is 0 Å². The minimum absolute atomic E-state index is 0.0311. The van der Waals surface area contributed by atoms with E-state index >= 15 is 0 Å². The molecular weight excluding hydrogens is 382 g/mol. The molecule has 4 heteroatoms. The van der Waals surface area contributed by atoms with Gasteiger partial charge in [-0.1, -0.05) is 56.1 Å². The molecule has 1 heterocycles. The van der Waals surface area contributed by atoms with E-state index in [1.54, 1.807) is 0 Å².